The van der Waals surface area contributed by atoms with Crippen LogP contribution in [0.4, 0.5) is 0 Å². The third-order valence-electron chi connectivity index (χ3n) is 11.3. The predicted octanol–water partition coefficient (Wildman–Crippen LogP) is 15.8. The van der Waals surface area contributed by atoms with Gasteiger partial charge >= 0.3 is 19.8 Å². The Morgan fingerprint density at radius 2 is 0.844 bits per heavy atom. The number of hydrogen-bond acceptors (Lipinski definition) is 7. The topological polar surface area (TPSA) is 108 Å². The van der Waals surface area contributed by atoms with Crippen LogP contribution in [-0.2, 0) is 32.7 Å². The first-order chi connectivity index (χ1) is 31.0. The van der Waals surface area contributed by atoms with Crippen LogP contribution in [0.5, 0.6) is 0 Å². The van der Waals surface area contributed by atoms with Gasteiger partial charge in [-0.15, -0.1) is 0 Å². The van der Waals surface area contributed by atoms with Crippen LogP contribution in [0.2, 0.25) is 0 Å². The van der Waals surface area contributed by atoms with E-state index in [-0.39, 0.29) is 26.1 Å². The molecule has 374 valence electrons. The Morgan fingerprint density at radius 1 is 0.484 bits per heavy atom. The molecule has 64 heavy (non-hydrogen) atoms. The fraction of sp³-hybridized carbons (Fsp3) is 0.815. The highest BCUT2D eigenvalue weighted by molar-refractivity contribution is 7.47. The van der Waals surface area contributed by atoms with Crippen LogP contribution in [0.15, 0.2) is 48.6 Å². The van der Waals surface area contributed by atoms with Crippen molar-refractivity contribution in [2.45, 2.75) is 238 Å². The number of rotatable bonds is 48. The van der Waals surface area contributed by atoms with Gasteiger partial charge in [-0.3, -0.25) is 18.6 Å². The van der Waals surface area contributed by atoms with Crippen LogP contribution in [-0.4, -0.2) is 74.9 Å². The minimum Gasteiger partial charge on any atom is -0.462 e. The minimum atomic E-state index is -4.40. The lowest BCUT2D eigenvalue weighted by atomic mass is 10.0. The van der Waals surface area contributed by atoms with E-state index in [1.54, 1.807) is 0 Å². The summed E-state index contributed by atoms with van der Waals surface area (Å²) >= 11 is 0. The van der Waals surface area contributed by atoms with Crippen molar-refractivity contribution in [3.63, 3.8) is 0 Å². The van der Waals surface area contributed by atoms with Crippen molar-refractivity contribution in [1.29, 1.82) is 0 Å². The largest absolute Gasteiger partial charge is 0.472 e. The first kappa shape index (κ1) is 62.0. The monoisotopic (exact) mass is 923 g/mol. The van der Waals surface area contributed by atoms with Gasteiger partial charge in [-0.05, 0) is 64.2 Å². The average Bonchev–Trinajstić information content (AvgIpc) is 3.25. The van der Waals surface area contributed by atoms with Gasteiger partial charge in [-0.2, -0.15) is 0 Å². The van der Waals surface area contributed by atoms with E-state index in [9.17, 15) is 19.0 Å². The number of phosphoric ester groups is 1. The molecule has 9 nitrogen and oxygen atoms in total. The fourth-order valence-electron chi connectivity index (χ4n) is 7.21. The van der Waals surface area contributed by atoms with Crippen LogP contribution in [0.25, 0.3) is 0 Å². The van der Waals surface area contributed by atoms with Crippen molar-refractivity contribution in [2.75, 3.05) is 47.5 Å². The second-order valence-electron chi connectivity index (χ2n) is 18.9. The second kappa shape index (κ2) is 46.1. The molecule has 0 aliphatic rings. The number of phosphoric acid groups is 1. The molecular weight excluding hydrogens is 822 g/mol. The molecule has 0 spiro atoms. The number of ether oxygens (including phenoxy) is 2. The lowest BCUT2D eigenvalue weighted by molar-refractivity contribution is -0.870. The molecule has 0 heterocycles. The fourth-order valence-corrected chi connectivity index (χ4v) is 7.95. The Kier molecular flexibility index (Phi) is 44.6. The number of nitrogens with zero attached hydrogens (tertiary/aromatic N) is 1. The maximum Gasteiger partial charge on any atom is 0.472 e. The lowest BCUT2D eigenvalue weighted by Gasteiger charge is -2.24. The summed E-state index contributed by atoms with van der Waals surface area (Å²) in [7, 11) is 1.44. The first-order valence-electron chi connectivity index (χ1n) is 26.4. The van der Waals surface area contributed by atoms with E-state index in [0.717, 1.165) is 38.5 Å². The summed E-state index contributed by atoms with van der Waals surface area (Å²) in [6, 6.07) is 0. The number of hydrogen-bond donors (Lipinski definition) is 1. The van der Waals surface area contributed by atoms with Crippen molar-refractivity contribution < 1.29 is 42.1 Å². The van der Waals surface area contributed by atoms with Gasteiger partial charge in [-0.1, -0.05) is 204 Å². The third kappa shape index (κ3) is 49.4. The van der Waals surface area contributed by atoms with Gasteiger partial charge in [0.25, 0.3) is 0 Å². The van der Waals surface area contributed by atoms with Crippen LogP contribution in [0, 0.1) is 0 Å². The van der Waals surface area contributed by atoms with Crippen molar-refractivity contribution in [3.05, 3.63) is 48.6 Å². The summed E-state index contributed by atoms with van der Waals surface area (Å²) < 4.78 is 34.4. The highest BCUT2D eigenvalue weighted by atomic mass is 31.2. The molecule has 0 aliphatic carbocycles. The van der Waals surface area contributed by atoms with Gasteiger partial charge in [-0.25, -0.2) is 4.57 Å². The van der Waals surface area contributed by atoms with Gasteiger partial charge in [0.2, 0.25) is 0 Å². The van der Waals surface area contributed by atoms with Crippen molar-refractivity contribution in [1.82, 2.24) is 0 Å². The molecule has 0 bridgehead atoms. The van der Waals surface area contributed by atoms with Crippen LogP contribution in [0.1, 0.15) is 232 Å². The van der Waals surface area contributed by atoms with E-state index in [1.807, 2.05) is 21.1 Å². The van der Waals surface area contributed by atoms with Gasteiger partial charge in [0, 0.05) is 12.8 Å². The maximum atomic E-state index is 12.7. The lowest BCUT2D eigenvalue weighted by Crippen LogP contribution is -2.37. The van der Waals surface area contributed by atoms with Crippen LogP contribution < -0.4 is 0 Å². The van der Waals surface area contributed by atoms with Gasteiger partial charge in [0.1, 0.15) is 19.8 Å². The molecule has 0 aromatic heterocycles. The molecule has 1 N–H and O–H groups in total. The van der Waals surface area contributed by atoms with E-state index in [4.69, 9.17) is 18.5 Å². The Balaban J connectivity index is 4.31. The number of likely N-dealkylation sites (N-methyl/N-ethyl adjacent to an activating group) is 1. The van der Waals surface area contributed by atoms with Crippen molar-refractivity contribution in [2.24, 2.45) is 0 Å². The van der Waals surface area contributed by atoms with Crippen molar-refractivity contribution in [3.8, 4) is 0 Å². The number of esters is 2. The first-order valence-corrected chi connectivity index (χ1v) is 27.9. The summed E-state index contributed by atoms with van der Waals surface area (Å²) in [5.41, 5.74) is 0. The zero-order valence-electron chi connectivity index (χ0n) is 42.3. The number of unbranched alkanes of at least 4 members (excludes halogenated alkanes) is 26. The predicted molar refractivity (Wildman–Crippen MR) is 270 cm³/mol. The van der Waals surface area contributed by atoms with E-state index >= 15 is 0 Å². The van der Waals surface area contributed by atoms with Gasteiger partial charge in [0.15, 0.2) is 6.10 Å². The molecule has 0 rings (SSSR count). The zero-order chi connectivity index (χ0) is 47.1. The third-order valence-corrected chi connectivity index (χ3v) is 12.3. The molecule has 0 amide bonds. The van der Waals surface area contributed by atoms with E-state index in [2.05, 4.69) is 62.5 Å². The number of quaternary nitrogens is 1. The molecule has 0 aromatic rings. The maximum absolute atomic E-state index is 12.7. The molecule has 0 saturated heterocycles. The smallest absolute Gasteiger partial charge is 0.462 e. The summed E-state index contributed by atoms with van der Waals surface area (Å²) in [5.74, 6) is -0.892. The Morgan fingerprint density at radius 3 is 1.27 bits per heavy atom. The highest BCUT2D eigenvalue weighted by Gasteiger charge is 2.27. The SMILES string of the molecule is CCCCCCCC/C=C/C/C=C/C/C=C/CCCC(=O)OC[C@H](COP(=O)(O)OCC[N+](C)(C)C)OC(=O)CCC/C=C/CCCCCCCCCCCCCCCCCCCC. The number of carbonyl (C=O) groups is 2. The molecule has 10 heteroatoms. The number of allylic oxidation sites excluding steroid dienone is 8. The van der Waals surface area contributed by atoms with E-state index in [0.29, 0.717) is 23.9 Å². The second-order valence-corrected chi connectivity index (χ2v) is 20.4. The van der Waals surface area contributed by atoms with E-state index < -0.39 is 32.5 Å². The average molecular weight is 923 g/mol. The molecule has 2 atom stereocenters. The molecule has 0 aromatic carbocycles. The molecular formula is C54H101NO8P+. The van der Waals surface area contributed by atoms with Gasteiger partial charge in [0.05, 0.1) is 27.7 Å². The molecule has 1 unspecified atom stereocenters. The highest BCUT2D eigenvalue weighted by Crippen LogP contribution is 2.43. The Hall–Kier alpha value is -2.03. The zero-order valence-corrected chi connectivity index (χ0v) is 43.2. The molecule has 0 saturated carbocycles. The quantitative estimate of drug-likeness (QED) is 0.0211. The Labute approximate surface area is 394 Å². The summed E-state index contributed by atoms with van der Waals surface area (Å²) in [4.78, 5) is 35.5. The summed E-state index contributed by atoms with van der Waals surface area (Å²) in [5, 5.41) is 0. The molecule has 0 fully saturated rings. The van der Waals surface area contributed by atoms with Crippen LogP contribution in [0.3, 0.4) is 0 Å². The molecule has 0 aliphatic heterocycles. The normalized spacial score (nSPS) is 13.8. The van der Waals surface area contributed by atoms with Crippen LogP contribution >= 0.6 is 7.82 Å². The Bertz CT molecular complexity index is 1230. The minimum absolute atomic E-state index is 0.0191. The summed E-state index contributed by atoms with van der Waals surface area (Å²) in [6.07, 6.45) is 56.2. The molecule has 0 radical (unpaired) electrons. The van der Waals surface area contributed by atoms with Crippen molar-refractivity contribution >= 4 is 19.8 Å². The van der Waals surface area contributed by atoms with E-state index in [1.165, 1.54) is 154 Å². The number of carbonyl (C=O) groups excluding carboxylic acids is 2. The standard InChI is InChI=1S/C54H100NO8P/c1-6-8-10-12-14-16-18-20-22-24-25-26-27-28-29-31-33-35-37-39-41-43-45-47-54(57)63-52(51-62-64(58,59)61-49-48-55(3,4)5)50-60-53(56)46-44-42-40-38-36-34-32-30-23-21-19-17-15-13-11-9-7-2/h21,23,32,34,38-41,52H,6-20,22,24-31,33,35-37,42-51H2,1-5H3/p+1/b23-21+,34-32+,40-38+,41-39+/t52-/m1/s1. The van der Waals surface area contributed by atoms with Gasteiger partial charge < -0.3 is 18.9 Å². The summed E-state index contributed by atoms with van der Waals surface area (Å²) in [6.45, 7) is 4.36.